The van der Waals surface area contributed by atoms with Crippen molar-refractivity contribution in [2.45, 2.75) is 11.5 Å². The van der Waals surface area contributed by atoms with E-state index in [0.29, 0.717) is 31.0 Å². The second-order valence-electron chi connectivity index (χ2n) is 9.71. The van der Waals surface area contributed by atoms with E-state index in [4.69, 9.17) is 4.74 Å². The summed E-state index contributed by atoms with van der Waals surface area (Å²) in [6.07, 6.45) is 3.20. The van der Waals surface area contributed by atoms with E-state index in [2.05, 4.69) is 9.97 Å². The molecular weight excluding hydrogens is 470 g/mol. The first-order valence-corrected chi connectivity index (χ1v) is 12.2. The summed E-state index contributed by atoms with van der Waals surface area (Å²) < 4.78 is 7.51. The van der Waals surface area contributed by atoms with Crippen LogP contribution < -0.4 is 4.74 Å². The minimum Gasteiger partial charge on any atom is -0.497 e. The number of hydrogen-bond acceptors (Lipinski definition) is 6. The Morgan fingerprint density at radius 2 is 1.68 bits per heavy atom. The number of nitrogens with zero attached hydrogens (tertiary/aromatic N) is 5. The fourth-order valence-electron chi connectivity index (χ4n) is 5.95. The lowest BCUT2D eigenvalue weighted by atomic mass is 9.68. The Balaban J connectivity index is 1.48. The molecule has 2 aliphatic rings. The highest BCUT2D eigenvalue weighted by Gasteiger charge is 2.55. The summed E-state index contributed by atoms with van der Waals surface area (Å²) in [7, 11) is 3.57. The lowest BCUT2D eigenvalue weighted by Crippen LogP contribution is -2.68. The van der Waals surface area contributed by atoms with E-state index < -0.39 is 11.5 Å². The van der Waals surface area contributed by atoms with Crippen LogP contribution >= 0.6 is 0 Å². The lowest BCUT2D eigenvalue weighted by molar-refractivity contribution is 0.00186. The van der Waals surface area contributed by atoms with E-state index in [1.54, 1.807) is 65.7 Å². The third-order valence-corrected chi connectivity index (χ3v) is 7.62. The van der Waals surface area contributed by atoms with Crippen molar-refractivity contribution in [3.05, 3.63) is 89.6 Å². The van der Waals surface area contributed by atoms with Gasteiger partial charge in [0.2, 0.25) is 0 Å². The third-order valence-electron chi connectivity index (χ3n) is 7.62. The van der Waals surface area contributed by atoms with Crippen LogP contribution in [0.3, 0.4) is 0 Å². The number of aliphatic hydroxyl groups is 1. The van der Waals surface area contributed by atoms with Gasteiger partial charge in [0.05, 0.1) is 30.7 Å². The first-order valence-electron chi connectivity index (χ1n) is 12.2. The Kier molecular flexibility index (Phi) is 5.45. The molecule has 0 aliphatic carbocycles. The van der Waals surface area contributed by atoms with Crippen molar-refractivity contribution in [1.29, 1.82) is 0 Å². The molecule has 1 fully saturated rings. The number of pyridine rings is 2. The molecule has 0 radical (unpaired) electrons. The molecule has 2 amide bonds. The summed E-state index contributed by atoms with van der Waals surface area (Å²) in [5.74, 6) is 0.339. The number of hydrogen-bond donors (Lipinski definition) is 1. The number of methoxy groups -OCH3 is 1. The van der Waals surface area contributed by atoms with Gasteiger partial charge in [0.15, 0.2) is 0 Å². The van der Waals surface area contributed by atoms with Gasteiger partial charge in [0.1, 0.15) is 17.1 Å². The van der Waals surface area contributed by atoms with Crippen molar-refractivity contribution < 1.29 is 19.4 Å². The summed E-state index contributed by atoms with van der Waals surface area (Å²) in [5, 5.41) is 11.6. The molecule has 0 unspecified atom stereocenters. The number of rotatable bonds is 4. The number of aromatic nitrogens is 3. The Morgan fingerprint density at radius 1 is 1.00 bits per heavy atom. The number of ether oxygens (including phenoxy) is 1. The molecule has 188 valence electrons. The Bertz CT molecular complexity index is 1500. The Labute approximate surface area is 213 Å². The van der Waals surface area contributed by atoms with Gasteiger partial charge in [-0.1, -0.05) is 12.1 Å². The molecule has 1 spiro atoms. The molecule has 3 aromatic heterocycles. The van der Waals surface area contributed by atoms with Gasteiger partial charge in [-0.25, -0.2) is 0 Å². The Hall–Kier alpha value is -4.24. The van der Waals surface area contributed by atoms with Crippen LogP contribution in [0, 0.1) is 0 Å². The highest BCUT2D eigenvalue weighted by Crippen LogP contribution is 2.50. The number of carbonyl (C=O) groups excluding carboxylic acids is 2. The summed E-state index contributed by atoms with van der Waals surface area (Å²) in [5.41, 5.74) is 3.10. The number of carbonyl (C=O) groups is 2. The van der Waals surface area contributed by atoms with E-state index >= 15 is 0 Å². The van der Waals surface area contributed by atoms with Crippen LogP contribution in [0.1, 0.15) is 38.3 Å². The second-order valence-corrected chi connectivity index (χ2v) is 9.71. The smallest absolute Gasteiger partial charge is 0.273 e. The quantitative estimate of drug-likeness (QED) is 0.465. The van der Waals surface area contributed by atoms with Crippen molar-refractivity contribution in [3.63, 3.8) is 0 Å². The predicted molar refractivity (Wildman–Crippen MR) is 136 cm³/mol. The van der Waals surface area contributed by atoms with E-state index in [0.717, 1.165) is 27.9 Å². The van der Waals surface area contributed by atoms with Crippen molar-refractivity contribution in [1.82, 2.24) is 24.3 Å². The normalized spacial score (nSPS) is 18.0. The van der Waals surface area contributed by atoms with Gasteiger partial charge in [-0.2, -0.15) is 0 Å². The number of fused-ring (bicyclic) bond motifs is 4. The molecule has 5 heterocycles. The molecule has 1 saturated heterocycles. The van der Waals surface area contributed by atoms with Crippen LogP contribution in [-0.4, -0.2) is 74.6 Å². The van der Waals surface area contributed by atoms with Crippen molar-refractivity contribution in [2.24, 2.45) is 7.05 Å². The van der Waals surface area contributed by atoms with Gasteiger partial charge in [-0.05, 0) is 42.0 Å². The van der Waals surface area contributed by atoms with E-state index in [1.807, 2.05) is 29.8 Å². The van der Waals surface area contributed by atoms with Gasteiger partial charge in [-0.3, -0.25) is 19.6 Å². The van der Waals surface area contributed by atoms with Gasteiger partial charge >= 0.3 is 0 Å². The minimum absolute atomic E-state index is 0.137. The summed E-state index contributed by atoms with van der Waals surface area (Å²) in [6, 6.07) is 15.9. The SMILES string of the molecule is COc1ccc2c3c(n(C)c2c1)[C@H](CO)N(C(=O)c1ccccn1)CC31CN(C(=O)c2ccccn2)C1. The maximum absolute atomic E-state index is 13.7. The molecule has 4 aromatic rings. The summed E-state index contributed by atoms with van der Waals surface area (Å²) in [4.78, 5) is 38.9. The van der Waals surface area contributed by atoms with Crippen LogP contribution in [0.5, 0.6) is 5.75 Å². The zero-order valence-corrected chi connectivity index (χ0v) is 20.7. The van der Waals surface area contributed by atoms with Crippen LogP contribution in [0.15, 0.2) is 67.0 Å². The molecule has 9 heteroatoms. The number of amides is 2. The van der Waals surface area contributed by atoms with Crippen LogP contribution in [0.4, 0.5) is 0 Å². The summed E-state index contributed by atoms with van der Waals surface area (Å²) >= 11 is 0. The molecule has 2 aliphatic heterocycles. The minimum atomic E-state index is -0.556. The van der Waals surface area contributed by atoms with Crippen molar-refractivity contribution in [2.75, 3.05) is 33.4 Å². The van der Waals surface area contributed by atoms with Crippen molar-refractivity contribution >= 4 is 22.7 Å². The average Bonchev–Trinajstić information content (AvgIpc) is 3.23. The molecule has 0 saturated carbocycles. The van der Waals surface area contributed by atoms with Gasteiger partial charge in [-0.15, -0.1) is 0 Å². The fraction of sp³-hybridized carbons (Fsp3) is 0.286. The largest absolute Gasteiger partial charge is 0.497 e. The lowest BCUT2D eigenvalue weighted by Gasteiger charge is -2.56. The first-order chi connectivity index (χ1) is 18.0. The van der Waals surface area contributed by atoms with Gasteiger partial charge < -0.3 is 24.2 Å². The van der Waals surface area contributed by atoms with E-state index in [1.165, 1.54) is 0 Å². The first kappa shape index (κ1) is 23.2. The standard InChI is InChI=1S/C28H27N5O4/c1-31-22-13-18(37-2)9-10-19(22)24-25(31)23(14-34)33(27(36)21-8-4-6-12-30-21)17-28(24)15-32(16-28)26(35)20-7-3-5-11-29-20/h3-13,23,34H,14-17H2,1-2H3/t23-/m0/s1. The number of benzene rings is 1. The topological polar surface area (TPSA) is 101 Å². The number of aryl methyl sites for hydroxylation is 1. The Morgan fingerprint density at radius 3 is 2.27 bits per heavy atom. The molecule has 1 N–H and O–H groups in total. The highest BCUT2D eigenvalue weighted by molar-refractivity contribution is 5.96. The van der Waals surface area contributed by atoms with Gasteiger partial charge in [0.25, 0.3) is 11.8 Å². The van der Waals surface area contributed by atoms with Crippen molar-refractivity contribution in [3.8, 4) is 5.75 Å². The van der Waals surface area contributed by atoms with Crippen LogP contribution in [0.2, 0.25) is 0 Å². The van der Waals surface area contributed by atoms with Crippen LogP contribution in [0.25, 0.3) is 10.9 Å². The second kappa shape index (κ2) is 8.70. The molecule has 6 rings (SSSR count). The fourth-order valence-corrected chi connectivity index (χ4v) is 5.95. The monoisotopic (exact) mass is 497 g/mol. The maximum Gasteiger partial charge on any atom is 0.273 e. The third kappa shape index (κ3) is 3.49. The van der Waals surface area contributed by atoms with Crippen LogP contribution in [-0.2, 0) is 12.5 Å². The number of aliphatic hydroxyl groups excluding tert-OH is 1. The summed E-state index contributed by atoms with van der Waals surface area (Å²) in [6.45, 7) is 0.993. The predicted octanol–water partition coefficient (Wildman–Crippen LogP) is 2.56. The molecule has 9 nitrogen and oxygen atoms in total. The molecule has 1 atom stereocenters. The molecular formula is C28H27N5O4. The maximum atomic E-state index is 13.7. The molecule has 37 heavy (non-hydrogen) atoms. The van der Waals surface area contributed by atoms with Gasteiger partial charge in [0, 0.05) is 56.2 Å². The average molecular weight is 498 g/mol. The molecule has 0 bridgehead atoms. The zero-order chi connectivity index (χ0) is 25.7. The highest BCUT2D eigenvalue weighted by atomic mass is 16.5. The number of likely N-dealkylation sites (tertiary alicyclic amines) is 1. The van der Waals surface area contributed by atoms with E-state index in [-0.39, 0.29) is 18.4 Å². The molecule has 1 aromatic carbocycles. The zero-order valence-electron chi connectivity index (χ0n) is 20.7. The van der Waals surface area contributed by atoms with E-state index in [9.17, 15) is 14.7 Å².